The largest absolute Gasteiger partial charge is 0.493 e. The Labute approximate surface area is 105 Å². The van der Waals surface area contributed by atoms with E-state index in [0.29, 0.717) is 5.75 Å². The first-order valence-electron chi connectivity index (χ1n) is 5.61. The molecule has 0 aliphatic rings. The number of hydrogen-bond acceptors (Lipinski definition) is 3. The van der Waals surface area contributed by atoms with Gasteiger partial charge in [0.25, 0.3) is 0 Å². The lowest BCUT2D eigenvalue weighted by Gasteiger charge is -2.07. The van der Waals surface area contributed by atoms with Crippen molar-refractivity contribution in [2.75, 3.05) is 6.61 Å². The molecule has 1 N–H and O–H groups in total. The van der Waals surface area contributed by atoms with Gasteiger partial charge in [-0.3, -0.25) is 4.79 Å². The molecule has 0 aliphatic carbocycles. The first-order valence-corrected chi connectivity index (χ1v) is 5.61. The minimum Gasteiger partial charge on any atom is -0.493 e. The molecule has 18 heavy (non-hydrogen) atoms. The van der Waals surface area contributed by atoms with E-state index in [1.807, 2.05) is 35.9 Å². The third-order valence-electron chi connectivity index (χ3n) is 2.41. The van der Waals surface area contributed by atoms with E-state index < -0.39 is 5.97 Å². The molecule has 5 nitrogen and oxygen atoms in total. The standard InChI is InChI=1S/C13H14N2O3/c1-10-8-15(9-14-10)11-3-2-4-12(7-11)18-6-5-13(16)17/h2-4,7-9H,5-6H2,1H3,(H,16,17). The molecule has 2 rings (SSSR count). The number of imidazole rings is 1. The van der Waals surface area contributed by atoms with Crippen LogP contribution in [0.3, 0.4) is 0 Å². The number of aliphatic carboxylic acids is 1. The number of rotatable bonds is 5. The summed E-state index contributed by atoms with van der Waals surface area (Å²) in [6.45, 7) is 2.09. The highest BCUT2D eigenvalue weighted by molar-refractivity contribution is 5.66. The van der Waals surface area contributed by atoms with E-state index in [1.54, 1.807) is 12.4 Å². The van der Waals surface area contributed by atoms with E-state index in [1.165, 1.54) is 0 Å². The number of ether oxygens (including phenoxy) is 1. The zero-order valence-corrected chi connectivity index (χ0v) is 10.0. The molecule has 5 heteroatoms. The summed E-state index contributed by atoms with van der Waals surface area (Å²) in [6.07, 6.45) is 3.64. The van der Waals surface area contributed by atoms with Crippen LogP contribution in [0.15, 0.2) is 36.8 Å². The van der Waals surface area contributed by atoms with E-state index in [9.17, 15) is 4.79 Å². The first-order chi connectivity index (χ1) is 8.65. The van der Waals surface area contributed by atoms with Gasteiger partial charge in [0.05, 0.1) is 30.7 Å². The highest BCUT2D eigenvalue weighted by Gasteiger charge is 2.01. The molecule has 0 unspecified atom stereocenters. The average Bonchev–Trinajstić information content (AvgIpc) is 2.76. The second kappa shape index (κ2) is 5.35. The van der Waals surface area contributed by atoms with E-state index in [4.69, 9.17) is 9.84 Å². The van der Waals surface area contributed by atoms with Gasteiger partial charge in [-0.05, 0) is 19.1 Å². The molecule has 94 valence electrons. The van der Waals surface area contributed by atoms with Crippen LogP contribution in [0.4, 0.5) is 0 Å². The number of hydrogen-bond donors (Lipinski definition) is 1. The Morgan fingerprint density at radius 2 is 2.33 bits per heavy atom. The quantitative estimate of drug-likeness (QED) is 0.876. The van der Waals surface area contributed by atoms with Crippen LogP contribution in [0, 0.1) is 6.92 Å². The molecule has 0 amide bonds. The molecule has 0 fully saturated rings. The Morgan fingerprint density at radius 1 is 1.50 bits per heavy atom. The van der Waals surface area contributed by atoms with Gasteiger partial charge in [-0.25, -0.2) is 4.98 Å². The zero-order valence-electron chi connectivity index (χ0n) is 10.0. The van der Waals surface area contributed by atoms with Crippen LogP contribution in [0.5, 0.6) is 5.75 Å². The summed E-state index contributed by atoms with van der Waals surface area (Å²) in [5, 5.41) is 8.53. The SMILES string of the molecule is Cc1cn(-c2cccc(OCCC(=O)O)c2)cn1. The monoisotopic (exact) mass is 246 g/mol. The molecule has 0 saturated heterocycles. The van der Waals surface area contributed by atoms with Crippen LogP contribution >= 0.6 is 0 Å². The molecule has 0 spiro atoms. The van der Waals surface area contributed by atoms with E-state index in [2.05, 4.69) is 4.98 Å². The second-order valence-electron chi connectivity index (χ2n) is 3.91. The van der Waals surface area contributed by atoms with Crippen molar-refractivity contribution >= 4 is 5.97 Å². The topological polar surface area (TPSA) is 64.3 Å². The summed E-state index contributed by atoms with van der Waals surface area (Å²) in [6, 6.07) is 7.45. The molecule has 0 saturated carbocycles. The third kappa shape index (κ3) is 3.10. The fourth-order valence-electron chi connectivity index (χ4n) is 1.55. The minimum atomic E-state index is -0.864. The second-order valence-corrected chi connectivity index (χ2v) is 3.91. The number of aryl methyl sites for hydroxylation is 1. The number of aromatic nitrogens is 2. The number of carbonyl (C=O) groups is 1. The first kappa shape index (κ1) is 12.2. The van der Waals surface area contributed by atoms with E-state index in [0.717, 1.165) is 11.4 Å². The molecule has 2 aromatic rings. The summed E-state index contributed by atoms with van der Waals surface area (Å²) in [7, 11) is 0. The molecule has 1 aromatic carbocycles. The normalized spacial score (nSPS) is 10.3. The minimum absolute atomic E-state index is 0.00554. The van der Waals surface area contributed by atoms with Crippen LogP contribution in [-0.2, 0) is 4.79 Å². The van der Waals surface area contributed by atoms with Crippen molar-refractivity contribution in [1.82, 2.24) is 9.55 Å². The maximum absolute atomic E-state index is 10.4. The van der Waals surface area contributed by atoms with Gasteiger partial charge in [-0.1, -0.05) is 6.07 Å². The van der Waals surface area contributed by atoms with Crippen molar-refractivity contribution in [3.8, 4) is 11.4 Å². The lowest BCUT2D eigenvalue weighted by atomic mass is 10.3. The van der Waals surface area contributed by atoms with Gasteiger partial charge in [-0.15, -0.1) is 0 Å². The van der Waals surface area contributed by atoms with Gasteiger partial charge in [-0.2, -0.15) is 0 Å². The molecule has 1 heterocycles. The van der Waals surface area contributed by atoms with Gasteiger partial charge in [0.2, 0.25) is 0 Å². The molecule has 0 radical (unpaired) electrons. The highest BCUT2D eigenvalue weighted by atomic mass is 16.5. The van der Waals surface area contributed by atoms with Crippen molar-refractivity contribution in [3.05, 3.63) is 42.5 Å². The lowest BCUT2D eigenvalue weighted by Crippen LogP contribution is -2.05. The van der Waals surface area contributed by atoms with Gasteiger partial charge in [0.1, 0.15) is 5.75 Å². The summed E-state index contributed by atoms with van der Waals surface area (Å²) >= 11 is 0. The highest BCUT2D eigenvalue weighted by Crippen LogP contribution is 2.17. The molecular weight excluding hydrogens is 232 g/mol. The van der Waals surface area contributed by atoms with Crippen molar-refractivity contribution in [3.63, 3.8) is 0 Å². The van der Waals surface area contributed by atoms with Crippen molar-refractivity contribution in [2.45, 2.75) is 13.3 Å². The summed E-state index contributed by atoms with van der Waals surface area (Å²) in [5.41, 5.74) is 1.87. The average molecular weight is 246 g/mol. The number of carboxylic acid groups (broad SMARTS) is 1. The predicted molar refractivity (Wildman–Crippen MR) is 66.0 cm³/mol. The smallest absolute Gasteiger partial charge is 0.306 e. The van der Waals surface area contributed by atoms with Crippen LogP contribution < -0.4 is 4.74 Å². The molecule has 0 aliphatic heterocycles. The molecule has 0 atom stereocenters. The molecule has 1 aromatic heterocycles. The summed E-state index contributed by atoms with van der Waals surface area (Å²) < 4.78 is 7.26. The maximum Gasteiger partial charge on any atom is 0.306 e. The summed E-state index contributed by atoms with van der Waals surface area (Å²) in [5.74, 6) is -0.212. The lowest BCUT2D eigenvalue weighted by molar-refractivity contribution is -0.137. The number of nitrogens with zero attached hydrogens (tertiary/aromatic N) is 2. The van der Waals surface area contributed by atoms with Gasteiger partial charge < -0.3 is 14.4 Å². The Kier molecular flexibility index (Phi) is 3.62. The Hall–Kier alpha value is -2.30. The van der Waals surface area contributed by atoms with Crippen molar-refractivity contribution in [2.24, 2.45) is 0 Å². The fraction of sp³-hybridized carbons (Fsp3) is 0.231. The third-order valence-corrected chi connectivity index (χ3v) is 2.41. The van der Waals surface area contributed by atoms with Crippen LogP contribution in [-0.4, -0.2) is 27.2 Å². The molecule has 0 bridgehead atoms. The predicted octanol–water partition coefficient (Wildman–Crippen LogP) is 2.03. The fourth-order valence-corrected chi connectivity index (χ4v) is 1.55. The van der Waals surface area contributed by atoms with E-state index >= 15 is 0 Å². The van der Waals surface area contributed by atoms with E-state index in [-0.39, 0.29) is 13.0 Å². The van der Waals surface area contributed by atoms with Crippen LogP contribution in [0.1, 0.15) is 12.1 Å². The van der Waals surface area contributed by atoms with Crippen molar-refractivity contribution < 1.29 is 14.6 Å². The summed E-state index contributed by atoms with van der Waals surface area (Å²) in [4.78, 5) is 14.5. The Morgan fingerprint density at radius 3 is 3.00 bits per heavy atom. The van der Waals surface area contributed by atoms with Crippen LogP contribution in [0.2, 0.25) is 0 Å². The Bertz CT molecular complexity index is 549. The zero-order chi connectivity index (χ0) is 13.0. The van der Waals surface area contributed by atoms with Gasteiger partial charge in [0.15, 0.2) is 0 Å². The van der Waals surface area contributed by atoms with Gasteiger partial charge in [0, 0.05) is 12.3 Å². The number of carboxylic acids is 1. The van der Waals surface area contributed by atoms with Gasteiger partial charge >= 0.3 is 5.97 Å². The maximum atomic E-state index is 10.4. The van der Waals surface area contributed by atoms with Crippen LogP contribution in [0.25, 0.3) is 5.69 Å². The Balaban J connectivity index is 2.08. The number of benzene rings is 1. The molecular formula is C13H14N2O3. The van der Waals surface area contributed by atoms with Crippen molar-refractivity contribution in [1.29, 1.82) is 0 Å².